The molecule has 32 heavy (non-hydrogen) atoms. The summed E-state index contributed by atoms with van der Waals surface area (Å²) >= 11 is 6.71. The first-order valence-electron chi connectivity index (χ1n) is 10.6. The van der Waals surface area contributed by atoms with E-state index in [0.29, 0.717) is 28.7 Å². The second-order valence-electron chi connectivity index (χ2n) is 7.32. The van der Waals surface area contributed by atoms with Crippen molar-refractivity contribution < 1.29 is 9.59 Å². The van der Waals surface area contributed by atoms with Crippen LogP contribution in [-0.4, -0.2) is 34.1 Å². The van der Waals surface area contributed by atoms with Crippen LogP contribution < -0.4 is 4.90 Å². The zero-order chi connectivity index (χ0) is 22.9. The van der Waals surface area contributed by atoms with Gasteiger partial charge in [-0.05, 0) is 42.2 Å². The molecule has 0 atom stereocenters. The molecule has 0 spiro atoms. The average Bonchev–Trinajstić information content (AvgIpc) is 3.08. The predicted octanol–water partition coefficient (Wildman–Crippen LogP) is 5.18. The van der Waals surface area contributed by atoms with Gasteiger partial charge in [-0.3, -0.25) is 14.5 Å². The maximum absolute atomic E-state index is 12.8. The van der Waals surface area contributed by atoms with E-state index in [1.54, 1.807) is 9.80 Å². The molecule has 0 unspecified atom stereocenters. The van der Waals surface area contributed by atoms with Crippen LogP contribution in [-0.2, 0) is 16.0 Å². The monoisotopic (exact) mass is 463 g/mol. The maximum atomic E-state index is 12.8. The number of para-hydroxylation sites is 1. The molecular weight excluding hydrogens is 438 g/mol. The summed E-state index contributed by atoms with van der Waals surface area (Å²) in [5, 5.41) is 8.92. The quantitative estimate of drug-likeness (QED) is 0.379. The van der Waals surface area contributed by atoms with Crippen molar-refractivity contribution >= 4 is 51.9 Å². The van der Waals surface area contributed by atoms with Gasteiger partial charge in [0, 0.05) is 25.2 Å². The Morgan fingerprint density at radius 3 is 2.56 bits per heavy atom. The number of rotatable bonds is 9. The van der Waals surface area contributed by atoms with Gasteiger partial charge < -0.3 is 4.90 Å². The van der Waals surface area contributed by atoms with Gasteiger partial charge in [0.2, 0.25) is 5.91 Å². The van der Waals surface area contributed by atoms with Gasteiger partial charge in [0.25, 0.3) is 5.91 Å². The molecule has 1 saturated heterocycles. The predicted molar refractivity (Wildman–Crippen MR) is 134 cm³/mol. The second kappa shape index (κ2) is 11.6. The summed E-state index contributed by atoms with van der Waals surface area (Å²) in [7, 11) is 0. The van der Waals surface area contributed by atoms with Crippen molar-refractivity contribution in [3.8, 4) is 6.07 Å². The van der Waals surface area contributed by atoms with Crippen molar-refractivity contribution in [2.45, 2.75) is 32.6 Å². The zero-order valence-corrected chi connectivity index (χ0v) is 19.6. The SMILES string of the molecule is CCc1ccc(C=C2SC(=S)N(CCCC(=O)N(CCC#N)c3ccccc3)C2=O)cc1. The number of benzene rings is 2. The third-order valence-corrected chi connectivity index (χ3v) is 6.53. The number of thioether (sulfide) groups is 1. The number of thiocarbonyl (C=S) groups is 1. The summed E-state index contributed by atoms with van der Waals surface area (Å²) in [5.74, 6) is -0.181. The van der Waals surface area contributed by atoms with Gasteiger partial charge in [-0.1, -0.05) is 73.4 Å². The third-order valence-electron chi connectivity index (χ3n) is 5.15. The number of nitriles is 1. The Hall–Kier alpha value is -2.95. The molecule has 0 aliphatic carbocycles. The average molecular weight is 464 g/mol. The van der Waals surface area contributed by atoms with E-state index in [0.717, 1.165) is 17.7 Å². The summed E-state index contributed by atoms with van der Waals surface area (Å²) < 4.78 is 0.517. The van der Waals surface area contributed by atoms with Gasteiger partial charge in [-0.25, -0.2) is 0 Å². The van der Waals surface area contributed by atoms with E-state index in [1.165, 1.54) is 17.3 Å². The molecule has 1 fully saturated rings. The molecule has 2 aromatic rings. The van der Waals surface area contributed by atoms with Gasteiger partial charge >= 0.3 is 0 Å². The van der Waals surface area contributed by atoms with Crippen LogP contribution in [0.2, 0.25) is 0 Å². The minimum Gasteiger partial charge on any atom is -0.311 e. The van der Waals surface area contributed by atoms with Crippen molar-refractivity contribution in [3.05, 3.63) is 70.6 Å². The lowest BCUT2D eigenvalue weighted by Crippen LogP contribution is -2.33. The molecule has 7 heteroatoms. The molecule has 0 bridgehead atoms. The van der Waals surface area contributed by atoms with Crippen LogP contribution in [0, 0.1) is 11.3 Å². The van der Waals surface area contributed by atoms with E-state index in [4.69, 9.17) is 17.5 Å². The number of nitrogens with zero attached hydrogens (tertiary/aromatic N) is 3. The fourth-order valence-corrected chi connectivity index (χ4v) is 4.69. The molecular formula is C25H25N3O2S2. The Morgan fingerprint density at radius 2 is 1.91 bits per heavy atom. The number of anilines is 1. The van der Waals surface area contributed by atoms with Crippen LogP contribution in [0.3, 0.4) is 0 Å². The molecule has 0 N–H and O–H groups in total. The number of carbonyl (C=O) groups is 2. The largest absolute Gasteiger partial charge is 0.311 e. The Balaban J connectivity index is 1.59. The van der Waals surface area contributed by atoms with Gasteiger partial charge in [0.15, 0.2) is 0 Å². The fourth-order valence-electron chi connectivity index (χ4n) is 3.38. The zero-order valence-electron chi connectivity index (χ0n) is 18.0. The Bertz CT molecular complexity index is 1040. The molecule has 5 nitrogen and oxygen atoms in total. The van der Waals surface area contributed by atoms with Crippen molar-refractivity contribution in [1.82, 2.24) is 4.90 Å². The first-order chi connectivity index (χ1) is 15.5. The lowest BCUT2D eigenvalue weighted by atomic mass is 10.1. The lowest BCUT2D eigenvalue weighted by Gasteiger charge is -2.22. The number of hydrogen-bond donors (Lipinski definition) is 0. The van der Waals surface area contributed by atoms with Gasteiger partial charge in [-0.2, -0.15) is 5.26 Å². The summed E-state index contributed by atoms with van der Waals surface area (Å²) in [6, 6.07) is 19.5. The number of hydrogen-bond acceptors (Lipinski definition) is 5. The smallest absolute Gasteiger partial charge is 0.266 e. The second-order valence-corrected chi connectivity index (χ2v) is 9.00. The van der Waals surface area contributed by atoms with E-state index in [2.05, 4.69) is 25.1 Å². The van der Waals surface area contributed by atoms with Crippen LogP contribution in [0.25, 0.3) is 6.08 Å². The minimum absolute atomic E-state index is 0.0663. The first kappa shape index (κ1) is 23.7. The maximum Gasteiger partial charge on any atom is 0.266 e. The highest BCUT2D eigenvalue weighted by Gasteiger charge is 2.31. The van der Waals surface area contributed by atoms with Crippen molar-refractivity contribution in [1.29, 1.82) is 5.26 Å². The highest BCUT2D eigenvalue weighted by molar-refractivity contribution is 8.26. The molecule has 2 aromatic carbocycles. The number of amides is 2. The Labute approximate surface area is 198 Å². The summed E-state index contributed by atoms with van der Waals surface area (Å²) in [4.78, 5) is 29.4. The van der Waals surface area contributed by atoms with Crippen molar-refractivity contribution in [2.75, 3.05) is 18.0 Å². The van der Waals surface area contributed by atoms with Gasteiger partial charge in [0.05, 0.1) is 17.4 Å². The molecule has 2 amide bonds. The normalized spacial score (nSPS) is 14.6. The molecule has 1 heterocycles. The molecule has 0 aromatic heterocycles. The highest BCUT2D eigenvalue weighted by atomic mass is 32.2. The lowest BCUT2D eigenvalue weighted by molar-refractivity contribution is -0.123. The molecule has 3 rings (SSSR count). The number of aryl methyl sites for hydroxylation is 1. The van der Waals surface area contributed by atoms with E-state index in [9.17, 15) is 9.59 Å². The molecule has 164 valence electrons. The number of carbonyl (C=O) groups excluding carboxylic acids is 2. The van der Waals surface area contributed by atoms with Crippen LogP contribution in [0.15, 0.2) is 59.5 Å². The first-order valence-corrected chi connectivity index (χ1v) is 11.8. The standard InChI is InChI=1S/C25H25N3O2S2/c1-2-19-11-13-20(14-12-19)18-22-24(30)28(25(31)32-22)16-6-10-23(29)27(17-7-15-26)21-8-4-3-5-9-21/h3-5,8-9,11-14,18H,2,6-7,10,16-17H2,1H3. The van der Waals surface area contributed by atoms with E-state index in [-0.39, 0.29) is 24.7 Å². The summed E-state index contributed by atoms with van der Waals surface area (Å²) in [6.07, 6.45) is 3.87. The summed E-state index contributed by atoms with van der Waals surface area (Å²) in [6.45, 7) is 2.84. The van der Waals surface area contributed by atoms with Crippen LogP contribution in [0.5, 0.6) is 0 Å². The van der Waals surface area contributed by atoms with E-state index in [1.807, 2.05) is 48.5 Å². The highest BCUT2D eigenvalue weighted by Crippen LogP contribution is 2.32. The van der Waals surface area contributed by atoms with E-state index < -0.39 is 0 Å². The Morgan fingerprint density at radius 1 is 1.19 bits per heavy atom. The van der Waals surface area contributed by atoms with Crippen molar-refractivity contribution in [2.24, 2.45) is 0 Å². The minimum atomic E-state index is -0.114. The molecule has 1 aliphatic rings. The van der Waals surface area contributed by atoms with Crippen LogP contribution in [0.4, 0.5) is 5.69 Å². The molecule has 0 radical (unpaired) electrons. The van der Waals surface area contributed by atoms with Gasteiger partial charge in [0.1, 0.15) is 4.32 Å². The molecule has 1 aliphatic heterocycles. The fraction of sp³-hybridized carbons (Fsp3) is 0.280. The van der Waals surface area contributed by atoms with Crippen LogP contribution >= 0.6 is 24.0 Å². The van der Waals surface area contributed by atoms with Crippen molar-refractivity contribution in [3.63, 3.8) is 0 Å². The third kappa shape index (κ3) is 6.06. The Kier molecular flexibility index (Phi) is 8.60. The topological polar surface area (TPSA) is 64.4 Å². The van der Waals surface area contributed by atoms with Crippen LogP contribution in [0.1, 0.15) is 37.3 Å². The van der Waals surface area contributed by atoms with Gasteiger partial charge in [-0.15, -0.1) is 0 Å². The molecule has 0 saturated carbocycles. The summed E-state index contributed by atoms with van der Waals surface area (Å²) in [5.41, 5.74) is 2.99. The van der Waals surface area contributed by atoms with E-state index >= 15 is 0 Å².